The first kappa shape index (κ1) is 18.8. The molecular formula is C20H24N4O3. The molecule has 4 rings (SSSR count). The predicted octanol–water partition coefficient (Wildman–Crippen LogP) is 3.38. The van der Waals surface area contributed by atoms with Crippen LogP contribution in [0.15, 0.2) is 35.3 Å². The lowest BCUT2D eigenvalue weighted by atomic mass is 9.89. The third kappa shape index (κ3) is 4.24. The van der Waals surface area contributed by atoms with Gasteiger partial charge < -0.3 is 5.11 Å². The normalized spacial score (nSPS) is 14.6. The van der Waals surface area contributed by atoms with Crippen LogP contribution in [0.4, 0.5) is 0 Å². The average molecular weight is 368 g/mol. The molecule has 1 saturated carbocycles. The predicted molar refractivity (Wildman–Crippen MR) is 104 cm³/mol. The molecule has 0 spiro atoms. The van der Waals surface area contributed by atoms with Crippen LogP contribution in [0.5, 0.6) is 0 Å². The number of imidazole rings is 1. The second kappa shape index (κ2) is 8.62. The molecule has 0 atom stereocenters. The van der Waals surface area contributed by atoms with Gasteiger partial charge >= 0.3 is 5.69 Å². The van der Waals surface area contributed by atoms with Gasteiger partial charge in [-0.2, -0.15) is 0 Å². The van der Waals surface area contributed by atoms with Gasteiger partial charge in [-0.1, -0.05) is 43.5 Å². The molecule has 7 nitrogen and oxygen atoms in total. The van der Waals surface area contributed by atoms with Crippen molar-refractivity contribution in [2.75, 3.05) is 0 Å². The fourth-order valence-corrected chi connectivity index (χ4v) is 3.71. The van der Waals surface area contributed by atoms with E-state index in [2.05, 4.69) is 23.0 Å². The molecule has 0 radical (unpaired) electrons. The molecule has 1 aliphatic rings. The number of aromatic nitrogens is 4. The maximum atomic E-state index is 12.4. The van der Waals surface area contributed by atoms with Crippen molar-refractivity contribution < 1.29 is 9.90 Å². The molecule has 0 amide bonds. The molecule has 1 fully saturated rings. The molecule has 2 N–H and O–H groups in total. The van der Waals surface area contributed by atoms with Crippen molar-refractivity contribution in [1.82, 2.24) is 19.5 Å². The molecule has 27 heavy (non-hydrogen) atoms. The van der Waals surface area contributed by atoms with Gasteiger partial charge in [-0.3, -0.25) is 14.3 Å². The number of carbonyl (C=O) groups is 1. The summed E-state index contributed by atoms with van der Waals surface area (Å²) >= 11 is 0. The van der Waals surface area contributed by atoms with Gasteiger partial charge in [0.2, 0.25) is 0 Å². The number of rotatable bonds is 3. The van der Waals surface area contributed by atoms with E-state index in [0.717, 1.165) is 23.4 Å². The Morgan fingerprint density at radius 3 is 2.67 bits per heavy atom. The fraction of sp³-hybridized carbons (Fsp3) is 0.400. The van der Waals surface area contributed by atoms with E-state index < -0.39 is 0 Å². The molecule has 7 heteroatoms. The first-order valence-corrected chi connectivity index (χ1v) is 9.23. The zero-order chi connectivity index (χ0) is 19.2. The molecule has 0 saturated heterocycles. The number of benzene rings is 1. The van der Waals surface area contributed by atoms with Crippen molar-refractivity contribution in [3.05, 3.63) is 46.5 Å². The SMILES string of the molecule is Cc1ccccc1-c1cnc2[nH]c(=O)n(CC3CCCCC3)c2n1.O=CO. The summed E-state index contributed by atoms with van der Waals surface area (Å²) in [5.41, 5.74) is 4.18. The summed E-state index contributed by atoms with van der Waals surface area (Å²) in [6, 6.07) is 8.12. The molecule has 0 bridgehead atoms. The highest BCUT2D eigenvalue weighted by atomic mass is 16.3. The van der Waals surface area contributed by atoms with Gasteiger partial charge in [0.15, 0.2) is 11.3 Å². The lowest BCUT2D eigenvalue weighted by Crippen LogP contribution is -2.23. The van der Waals surface area contributed by atoms with Crippen LogP contribution >= 0.6 is 0 Å². The summed E-state index contributed by atoms with van der Waals surface area (Å²) in [4.78, 5) is 32.8. The Bertz CT molecular complexity index is 971. The van der Waals surface area contributed by atoms with Gasteiger partial charge in [-0.25, -0.2) is 14.8 Å². The van der Waals surface area contributed by atoms with E-state index in [-0.39, 0.29) is 12.2 Å². The molecule has 142 valence electrons. The van der Waals surface area contributed by atoms with Crippen LogP contribution in [0.2, 0.25) is 0 Å². The number of hydrogen-bond donors (Lipinski definition) is 2. The Morgan fingerprint density at radius 2 is 1.96 bits per heavy atom. The maximum absolute atomic E-state index is 12.4. The second-order valence-corrected chi connectivity index (χ2v) is 6.89. The largest absolute Gasteiger partial charge is 0.483 e. The topological polar surface area (TPSA) is 101 Å². The van der Waals surface area contributed by atoms with Crippen LogP contribution in [-0.4, -0.2) is 31.1 Å². The van der Waals surface area contributed by atoms with Crippen LogP contribution < -0.4 is 5.69 Å². The van der Waals surface area contributed by atoms with Crippen LogP contribution in [-0.2, 0) is 11.3 Å². The van der Waals surface area contributed by atoms with Gasteiger partial charge in [0.05, 0.1) is 11.9 Å². The Labute approximate surface area is 157 Å². The Kier molecular flexibility index (Phi) is 6.01. The smallest absolute Gasteiger partial charge is 0.328 e. The third-order valence-electron chi connectivity index (χ3n) is 5.07. The van der Waals surface area contributed by atoms with Crippen molar-refractivity contribution in [2.45, 2.75) is 45.6 Å². The quantitative estimate of drug-likeness (QED) is 0.690. The van der Waals surface area contributed by atoms with Gasteiger partial charge in [0.25, 0.3) is 6.47 Å². The molecule has 2 heterocycles. The Balaban J connectivity index is 0.000000659. The summed E-state index contributed by atoms with van der Waals surface area (Å²) < 4.78 is 1.78. The molecular weight excluding hydrogens is 344 g/mol. The summed E-state index contributed by atoms with van der Waals surface area (Å²) in [6.07, 6.45) is 7.99. The number of H-pyrrole nitrogens is 1. The minimum Gasteiger partial charge on any atom is -0.483 e. The molecule has 3 aromatic rings. The molecule has 0 unspecified atom stereocenters. The Hall–Kier alpha value is -2.96. The lowest BCUT2D eigenvalue weighted by molar-refractivity contribution is -0.122. The standard InChI is InChI=1S/C19H22N4O.CH2O2/c1-13-7-5-6-10-15(13)16-11-20-17-18(21-16)23(19(24)22-17)12-14-8-3-2-4-9-14;2-1-3/h5-7,10-11,14H,2-4,8-9,12H2,1H3,(H,20,22,24);1H,(H,2,3). The minimum atomic E-state index is -0.250. The van der Waals surface area contributed by atoms with Crippen LogP contribution in [0.3, 0.4) is 0 Å². The van der Waals surface area contributed by atoms with E-state index in [0.29, 0.717) is 17.2 Å². The van der Waals surface area contributed by atoms with Gasteiger partial charge in [0, 0.05) is 12.1 Å². The fourth-order valence-electron chi connectivity index (χ4n) is 3.71. The van der Waals surface area contributed by atoms with Crippen molar-refractivity contribution in [2.24, 2.45) is 5.92 Å². The number of hydrogen-bond acceptors (Lipinski definition) is 4. The van der Waals surface area contributed by atoms with E-state index in [4.69, 9.17) is 14.9 Å². The summed E-state index contributed by atoms with van der Waals surface area (Å²) in [7, 11) is 0. The number of nitrogens with one attached hydrogen (secondary N) is 1. The highest BCUT2D eigenvalue weighted by molar-refractivity contribution is 5.72. The first-order chi connectivity index (χ1) is 13.1. The second-order valence-electron chi connectivity index (χ2n) is 6.89. The number of nitrogens with zero attached hydrogens (tertiary/aromatic N) is 3. The van der Waals surface area contributed by atoms with Crippen LogP contribution in [0.1, 0.15) is 37.7 Å². The van der Waals surface area contributed by atoms with Gasteiger partial charge in [0.1, 0.15) is 0 Å². The van der Waals surface area contributed by atoms with Crippen molar-refractivity contribution >= 4 is 17.8 Å². The number of carboxylic acid groups (broad SMARTS) is 1. The van der Waals surface area contributed by atoms with E-state index in [1.165, 1.54) is 32.1 Å². The third-order valence-corrected chi connectivity index (χ3v) is 5.07. The monoisotopic (exact) mass is 368 g/mol. The molecule has 2 aromatic heterocycles. The summed E-state index contributed by atoms with van der Waals surface area (Å²) in [6.45, 7) is 2.55. The Morgan fingerprint density at radius 1 is 1.26 bits per heavy atom. The van der Waals surface area contributed by atoms with Crippen LogP contribution in [0.25, 0.3) is 22.6 Å². The van der Waals surface area contributed by atoms with E-state index >= 15 is 0 Å². The van der Waals surface area contributed by atoms with Gasteiger partial charge in [-0.05, 0) is 31.2 Å². The highest BCUT2D eigenvalue weighted by Crippen LogP contribution is 2.26. The van der Waals surface area contributed by atoms with E-state index in [1.807, 2.05) is 18.2 Å². The molecule has 0 aliphatic heterocycles. The van der Waals surface area contributed by atoms with Crippen LogP contribution in [0, 0.1) is 12.8 Å². The molecule has 1 aromatic carbocycles. The van der Waals surface area contributed by atoms with E-state index in [1.54, 1.807) is 10.8 Å². The zero-order valence-corrected chi connectivity index (χ0v) is 15.4. The maximum Gasteiger partial charge on any atom is 0.328 e. The first-order valence-electron chi connectivity index (χ1n) is 9.23. The van der Waals surface area contributed by atoms with Crippen molar-refractivity contribution in [3.63, 3.8) is 0 Å². The number of fused-ring (bicyclic) bond motifs is 1. The van der Waals surface area contributed by atoms with Crippen molar-refractivity contribution in [1.29, 1.82) is 0 Å². The highest BCUT2D eigenvalue weighted by Gasteiger charge is 2.18. The lowest BCUT2D eigenvalue weighted by Gasteiger charge is -2.21. The average Bonchev–Trinajstić information content (AvgIpc) is 2.98. The molecule has 1 aliphatic carbocycles. The number of aryl methyl sites for hydroxylation is 1. The minimum absolute atomic E-state index is 0.0995. The zero-order valence-electron chi connectivity index (χ0n) is 15.4. The summed E-state index contributed by atoms with van der Waals surface area (Å²) in [5, 5.41) is 6.89. The van der Waals surface area contributed by atoms with E-state index in [9.17, 15) is 4.79 Å². The van der Waals surface area contributed by atoms with Gasteiger partial charge in [-0.15, -0.1) is 0 Å². The van der Waals surface area contributed by atoms with Crippen molar-refractivity contribution in [3.8, 4) is 11.3 Å². The number of aromatic amines is 1. The summed E-state index contributed by atoms with van der Waals surface area (Å²) in [5.74, 6) is 0.569.